The SMILES string of the molecule is Cl.O=C(Nc1sc2c(c1-c1nc3ccccc3s1)CCN(Cc1ccccc1)C2)C1CC(=O)N(c2ccc(F)cc2)C1. The second kappa shape index (κ2) is 11.9. The summed E-state index contributed by atoms with van der Waals surface area (Å²) in [5.41, 5.74) is 5.10. The van der Waals surface area contributed by atoms with Crippen LogP contribution in [0.5, 0.6) is 0 Å². The van der Waals surface area contributed by atoms with Crippen molar-refractivity contribution in [2.45, 2.75) is 25.9 Å². The van der Waals surface area contributed by atoms with E-state index in [-0.39, 0.29) is 43.0 Å². The second-order valence-corrected chi connectivity index (χ2v) is 12.6. The normalized spacial score (nSPS) is 16.8. The fraction of sp³-hybridized carbons (Fsp3) is 0.219. The van der Waals surface area contributed by atoms with E-state index in [1.165, 1.54) is 28.1 Å². The number of anilines is 2. The van der Waals surface area contributed by atoms with Gasteiger partial charge in [-0.1, -0.05) is 42.5 Å². The standard InChI is InChI=1S/C32H27FN4O2S2.ClH/c33-22-10-12-23(13-11-22)37-18-21(16-28(37)38)30(39)35-32-29(31-34-25-8-4-5-9-26(25)40-31)24-14-15-36(19-27(24)41-32)17-20-6-2-1-3-7-20;/h1-13,21H,14-19H2,(H,35,39);1H. The van der Waals surface area contributed by atoms with Crippen LogP contribution in [-0.4, -0.2) is 34.8 Å². The van der Waals surface area contributed by atoms with E-state index in [0.29, 0.717) is 5.69 Å². The summed E-state index contributed by atoms with van der Waals surface area (Å²) < 4.78 is 14.5. The molecule has 0 bridgehead atoms. The van der Waals surface area contributed by atoms with Gasteiger partial charge in [-0.25, -0.2) is 9.37 Å². The lowest BCUT2D eigenvalue weighted by molar-refractivity contribution is -0.122. The Hall–Kier alpha value is -3.63. The summed E-state index contributed by atoms with van der Waals surface area (Å²) in [4.78, 5) is 36.6. The number of rotatable bonds is 6. The predicted octanol–water partition coefficient (Wildman–Crippen LogP) is 7.14. The van der Waals surface area contributed by atoms with E-state index in [9.17, 15) is 14.0 Å². The van der Waals surface area contributed by atoms with E-state index in [4.69, 9.17) is 4.98 Å². The minimum Gasteiger partial charge on any atom is -0.317 e. The maximum atomic E-state index is 13.6. The van der Waals surface area contributed by atoms with Crippen LogP contribution in [0.15, 0.2) is 78.9 Å². The highest BCUT2D eigenvalue weighted by Crippen LogP contribution is 2.46. The summed E-state index contributed by atoms with van der Waals surface area (Å²) in [5.74, 6) is -1.17. The molecule has 0 spiro atoms. The number of halogens is 2. The van der Waals surface area contributed by atoms with Gasteiger partial charge in [0.15, 0.2) is 0 Å². The van der Waals surface area contributed by atoms with Crippen molar-refractivity contribution in [2.75, 3.05) is 23.3 Å². The maximum absolute atomic E-state index is 13.6. The summed E-state index contributed by atoms with van der Waals surface area (Å²) in [6.45, 7) is 2.87. The van der Waals surface area contributed by atoms with Crippen LogP contribution in [0.1, 0.15) is 22.4 Å². The van der Waals surface area contributed by atoms with Crippen molar-refractivity contribution < 1.29 is 14.0 Å². The highest BCUT2D eigenvalue weighted by molar-refractivity contribution is 7.23. The van der Waals surface area contributed by atoms with Crippen LogP contribution in [0.4, 0.5) is 15.1 Å². The van der Waals surface area contributed by atoms with Gasteiger partial charge in [0.25, 0.3) is 0 Å². The molecule has 7 rings (SSSR count). The number of hydrogen-bond donors (Lipinski definition) is 1. The number of hydrogen-bond acceptors (Lipinski definition) is 6. The van der Waals surface area contributed by atoms with Gasteiger partial charge in [0.05, 0.1) is 16.1 Å². The number of nitrogens with zero attached hydrogens (tertiary/aromatic N) is 3. The van der Waals surface area contributed by atoms with Crippen molar-refractivity contribution in [1.29, 1.82) is 0 Å². The largest absolute Gasteiger partial charge is 0.317 e. The zero-order chi connectivity index (χ0) is 27.9. The number of thiophene rings is 1. The molecule has 10 heteroatoms. The van der Waals surface area contributed by atoms with Crippen LogP contribution < -0.4 is 10.2 Å². The first-order valence-corrected chi connectivity index (χ1v) is 15.3. The van der Waals surface area contributed by atoms with Gasteiger partial charge in [-0.2, -0.15) is 0 Å². The van der Waals surface area contributed by atoms with E-state index in [0.717, 1.165) is 51.8 Å². The van der Waals surface area contributed by atoms with E-state index in [1.807, 2.05) is 24.3 Å². The highest BCUT2D eigenvalue weighted by atomic mass is 35.5. The third-order valence-electron chi connectivity index (χ3n) is 7.76. The number of fused-ring (bicyclic) bond motifs is 2. The number of thiazole rings is 1. The number of carbonyl (C=O) groups is 2. The Morgan fingerprint density at radius 2 is 1.76 bits per heavy atom. The lowest BCUT2D eigenvalue weighted by Gasteiger charge is -2.27. The van der Waals surface area contributed by atoms with Gasteiger partial charge in [0.2, 0.25) is 11.8 Å². The van der Waals surface area contributed by atoms with Crippen LogP contribution in [0.2, 0.25) is 0 Å². The molecule has 1 N–H and O–H groups in total. The van der Waals surface area contributed by atoms with Crippen LogP contribution >= 0.6 is 35.1 Å². The molecular formula is C32H28ClFN4O2S2. The van der Waals surface area contributed by atoms with E-state index < -0.39 is 5.92 Å². The Morgan fingerprint density at radius 1 is 1.00 bits per heavy atom. The zero-order valence-electron chi connectivity index (χ0n) is 22.6. The number of benzene rings is 3. The molecule has 214 valence electrons. The Bertz CT molecular complexity index is 1720. The van der Waals surface area contributed by atoms with Crippen LogP contribution in [0.25, 0.3) is 20.8 Å². The first-order valence-electron chi connectivity index (χ1n) is 13.7. The van der Waals surface area contributed by atoms with Crippen molar-refractivity contribution >= 4 is 67.8 Å². The molecule has 42 heavy (non-hydrogen) atoms. The molecule has 0 aliphatic carbocycles. The summed E-state index contributed by atoms with van der Waals surface area (Å²) >= 11 is 3.26. The van der Waals surface area contributed by atoms with Gasteiger partial charge >= 0.3 is 0 Å². The van der Waals surface area contributed by atoms with Crippen molar-refractivity contribution in [2.24, 2.45) is 5.92 Å². The fourth-order valence-electron chi connectivity index (χ4n) is 5.69. The zero-order valence-corrected chi connectivity index (χ0v) is 25.0. The monoisotopic (exact) mass is 618 g/mol. The van der Waals surface area contributed by atoms with Gasteiger partial charge in [-0.15, -0.1) is 35.1 Å². The Labute approximate surface area is 257 Å². The van der Waals surface area contributed by atoms with Crippen LogP contribution in [-0.2, 0) is 29.1 Å². The third-order valence-corrected chi connectivity index (χ3v) is 9.95. The lowest BCUT2D eigenvalue weighted by atomic mass is 10.0. The third kappa shape index (κ3) is 5.57. The fourth-order valence-corrected chi connectivity index (χ4v) is 8.10. The van der Waals surface area contributed by atoms with Crippen molar-refractivity contribution in [3.8, 4) is 10.6 Å². The summed E-state index contributed by atoms with van der Waals surface area (Å²) in [5, 5.41) is 4.92. The van der Waals surface area contributed by atoms with Gasteiger partial charge in [-0.05, 0) is 53.9 Å². The van der Waals surface area contributed by atoms with E-state index in [2.05, 4.69) is 40.5 Å². The first kappa shape index (κ1) is 28.5. The molecular weight excluding hydrogens is 591 g/mol. The number of carbonyl (C=O) groups excluding carboxylic acids is 2. The molecule has 4 heterocycles. The Morgan fingerprint density at radius 3 is 2.55 bits per heavy atom. The minimum absolute atomic E-state index is 0. The number of nitrogens with one attached hydrogen (secondary N) is 1. The number of aromatic nitrogens is 1. The van der Waals surface area contributed by atoms with Crippen LogP contribution in [0, 0.1) is 11.7 Å². The molecule has 2 aliphatic rings. The lowest BCUT2D eigenvalue weighted by Crippen LogP contribution is -2.29. The second-order valence-electron chi connectivity index (χ2n) is 10.5. The highest BCUT2D eigenvalue weighted by Gasteiger charge is 2.36. The number of amides is 2. The van der Waals surface area contributed by atoms with Crippen molar-refractivity contribution in [1.82, 2.24) is 9.88 Å². The maximum Gasteiger partial charge on any atom is 0.230 e. The quantitative estimate of drug-likeness (QED) is 0.220. The molecule has 1 atom stereocenters. The molecule has 0 radical (unpaired) electrons. The van der Waals surface area contributed by atoms with Crippen LogP contribution in [0.3, 0.4) is 0 Å². The minimum atomic E-state index is -0.496. The molecule has 1 saturated heterocycles. The summed E-state index contributed by atoms with van der Waals surface area (Å²) in [6.07, 6.45) is 0.996. The molecule has 1 unspecified atom stereocenters. The van der Waals surface area contributed by atoms with Gasteiger partial charge < -0.3 is 10.2 Å². The van der Waals surface area contributed by atoms with E-state index >= 15 is 0 Å². The Kier molecular flexibility index (Phi) is 8.09. The average Bonchev–Trinajstić information content (AvgIpc) is 3.68. The van der Waals surface area contributed by atoms with Gasteiger partial charge in [0.1, 0.15) is 15.8 Å². The number of para-hydroxylation sites is 1. The molecule has 1 fully saturated rings. The first-order chi connectivity index (χ1) is 20.0. The van der Waals surface area contributed by atoms with Gasteiger partial charge in [0, 0.05) is 48.7 Å². The van der Waals surface area contributed by atoms with Crippen molar-refractivity contribution in [3.63, 3.8) is 0 Å². The molecule has 5 aromatic rings. The van der Waals surface area contributed by atoms with Crippen molar-refractivity contribution in [3.05, 3.63) is 101 Å². The molecule has 2 aromatic heterocycles. The summed E-state index contributed by atoms with van der Waals surface area (Å²) in [6, 6.07) is 24.4. The topological polar surface area (TPSA) is 65.5 Å². The molecule has 2 aliphatic heterocycles. The molecule has 0 saturated carbocycles. The average molecular weight is 619 g/mol. The predicted molar refractivity (Wildman–Crippen MR) is 170 cm³/mol. The molecule has 2 amide bonds. The Balaban J connectivity index is 0.00000316. The van der Waals surface area contributed by atoms with E-state index in [1.54, 1.807) is 39.7 Å². The smallest absolute Gasteiger partial charge is 0.230 e. The van der Waals surface area contributed by atoms with Gasteiger partial charge in [-0.3, -0.25) is 14.5 Å². The molecule has 3 aromatic carbocycles. The summed E-state index contributed by atoms with van der Waals surface area (Å²) in [7, 11) is 0. The molecule has 6 nitrogen and oxygen atoms in total.